The average Bonchev–Trinajstić information content (AvgIpc) is 2.99. The molecule has 4 rings (SSSR count). The fourth-order valence-electron chi connectivity index (χ4n) is 3.95. The van der Waals surface area contributed by atoms with E-state index in [0.29, 0.717) is 44.2 Å². The van der Waals surface area contributed by atoms with Crippen LogP contribution in [0.4, 0.5) is 5.69 Å². The zero-order valence-electron chi connectivity index (χ0n) is 16.8. The van der Waals surface area contributed by atoms with Crippen LogP contribution in [0.5, 0.6) is 5.75 Å². The van der Waals surface area contributed by atoms with Crippen LogP contribution in [-0.2, 0) is 9.59 Å². The highest BCUT2D eigenvalue weighted by Crippen LogP contribution is 2.38. The summed E-state index contributed by atoms with van der Waals surface area (Å²) in [7, 11) is 1.52. The van der Waals surface area contributed by atoms with Crippen LogP contribution in [0.3, 0.4) is 0 Å². The van der Waals surface area contributed by atoms with Gasteiger partial charge in [-0.05, 0) is 54.7 Å². The Hall–Kier alpha value is -2.50. The summed E-state index contributed by atoms with van der Waals surface area (Å²) < 4.78 is 5.19. The maximum absolute atomic E-state index is 13.5. The van der Waals surface area contributed by atoms with Gasteiger partial charge in [-0.3, -0.25) is 9.59 Å². The second kappa shape index (κ2) is 8.32. The Balaban J connectivity index is 1.79. The highest BCUT2D eigenvalue weighted by Gasteiger charge is 2.43. The number of piperidine rings is 1. The van der Waals surface area contributed by atoms with Gasteiger partial charge in [0.1, 0.15) is 11.4 Å². The van der Waals surface area contributed by atoms with E-state index in [4.69, 9.17) is 27.9 Å². The molecule has 1 saturated heterocycles. The molecular formula is C23H22Cl2N2O3. The number of hydrogen-bond acceptors (Lipinski definition) is 4. The lowest BCUT2D eigenvalue weighted by Gasteiger charge is -2.32. The molecule has 1 fully saturated rings. The van der Waals surface area contributed by atoms with E-state index in [0.717, 1.165) is 25.9 Å². The number of benzene rings is 2. The van der Waals surface area contributed by atoms with Crippen LogP contribution in [0.25, 0.3) is 5.57 Å². The van der Waals surface area contributed by atoms with E-state index in [-0.39, 0.29) is 11.8 Å². The summed E-state index contributed by atoms with van der Waals surface area (Å²) in [6.45, 7) is 3.69. The first-order chi connectivity index (χ1) is 14.4. The van der Waals surface area contributed by atoms with Crippen LogP contribution in [0.1, 0.15) is 25.3 Å². The fourth-order valence-corrected chi connectivity index (χ4v) is 4.33. The molecule has 2 aliphatic heterocycles. The Bertz CT molecular complexity index is 1030. The number of methoxy groups -OCH3 is 1. The Labute approximate surface area is 185 Å². The molecule has 0 unspecified atom stereocenters. The van der Waals surface area contributed by atoms with Gasteiger partial charge in [-0.1, -0.05) is 42.3 Å². The predicted molar refractivity (Wildman–Crippen MR) is 119 cm³/mol. The molecule has 7 heteroatoms. The first kappa shape index (κ1) is 20.8. The van der Waals surface area contributed by atoms with Crippen molar-refractivity contribution in [2.45, 2.75) is 19.8 Å². The van der Waals surface area contributed by atoms with Crippen molar-refractivity contribution in [2.24, 2.45) is 5.92 Å². The van der Waals surface area contributed by atoms with E-state index in [9.17, 15) is 9.59 Å². The number of ether oxygens (including phenoxy) is 1. The molecule has 0 aromatic heterocycles. The number of nitrogens with zero attached hydrogens (tertiary/aromatic N) is 2. The zero-order chi connectivity index (χ0) is 21.4. The second-order valence-electron chi connectivity index (χ2n) is 7.66. The van der Waals surface area contributed by atoms with Crippen LogP contribution in [0.15, 0.2) is 48.2 Å². The Morgan fingerprint density at radius 3 is 2.23 bits per heavy atom. The maximum atomic E-state index is 13.5. The molecule has 0 saturated carbocycles. The van der Waals surface area contributed by atoms with Gasteiger partial charge in [0.25, 0.3) is 11.8 Å². The molecule has 2 amide bonds. The van der Waals surface area contributed by atoms with Gasteiger partial charge < -0.3 is 9.64 Å². The van der Waals surface area contributed by atoms with Crippen LogP contribution >= 0.6 is 23.2 Å². The van der Waals surface area contributed by atoms with E-state index < -0.39 is 0 Å². The number of imide groups is 1. The zero-order valence-corrected chi connectivity index (χ0v) is 18.3. The standard InChI is InChI=1S/C23H22Cl2N2O3/c1-14-9-11-26(12-10-14)21-20(15-3-5-16(24)6-4-15)22(28)27(23(21)29)17-7-8-19(30-2)18(25)13-17/h3-8,13-14H,9-12H2,1-2H3. The lowest BCUT2D eigenvalue weighted by molar-refractivity contribution is -0.120. The van der Waals surface area contributed by atoms with E-state index >= 15 is 0 Å². The lowest BCUT2D eigenvalue weighted by atomic mass is 9.97. The second-order valence-corrected chi connectivity index (χ2v) is 8.51. The summed E-state index contributed by atoms with van der Waals surface area (Å²) in [6, 6.07) is 11.9. The molecule has 2 heterocycles. The SMILES string of the molecule is COc1ccc(N2C(=O)C(c3ccc(Cl)cc3)=C(N3CCC(C)CC3)C2=O)cc1Cl. The van der Waals surface area contributed by atoms with Gasteiger partial charge in [-0.25, -0.2) is 4.90 Å². The van der Waals surface area contributed by atoms with Crippen molar-refractivity contribution in [1.82, 2.24) is 4.90 Å². The van der Waals surface area contributed by atoms with Crippen molar-refractivity contribution in [3.05, 3.63) is 63.8 Å². The van der Waals surface area contributed by atoms with Gasteiger partial charge in [-0.15, -0.1) is 0 Å². The van der Waals surface area contributed by atoms with Crippen molar-refractivity contribution in [3.8, 4) is 5.75 Å². The Morgan fingerprint density at radius 2 is 1.63 bits per heavy atom. The van der Waals surface area contributed by atoms with Crippen LogP contribution in [0, 0.1) is 5.92 Å². The largest absolute Gasteiger partial charge is 0.495 e. The highest BCUT2D eigenvalue weighted by molar-refractivity contribution is 6.45. The third kappa shape index (κ3) is 3.68. The Morgan fingerprint density at radius 1 is 0.967 bits per heavy atom. The summed E-state index contributed by atoms with van der Waals surface area (Å²) in [5.74, 6) is 0.387. The van der Waals surface area contributed by atoms with Crippen molar-refractivity contribution < 1.29 is 14.3 Å². The summed E-state index contributed by atoms with van der Waals surface area (Å²) in [5, 5.41) is 0.909. The number of hydrogen-bond donors (Lipinski definition) is 0. The van der Waals surface area contributed by atoms with Gasteiger partial charge in [0.05, 0.1) is 23.4 Å². The number of carbonyl (C=O) groups excluding carboxylic acids is 2. The summed E-state index contributed by atoms with van der Waals surface area (Å²) in [5.41, 5.74) is 1.94. The van der Waals surface area contributed by atoms with Crippen molar-refractivity contribution in [3.63, 3.8) is 0 Å². The molecule has 2 aliphatic rings. The Kier molecular flexibility index (Phi) is 5.76. The lowest BCUT2D eigenvalue weighted by Crippen LogP contribution is -2.38. The maximum Gasteiger partial charge on any atom is 0.282 e. The van der Waals surface area contributed by atoms with E-state index in [1.54, 1.807) is 42.5 Å². The van der Waals surface area contributed by atoms with Crippen molar-refractivity contribution in [1.29, 1.82) is 0 Å². The van der Waals surface area contributed by atoms with Crippen molar-refractivity contribution in [2.75, 3.05) is 25.1 Å². The van der Waals surface area contributed by atoms with Gasteiger partial charge in [0.15, 0.2) is 0 Å². The molecule has 5 nitrogen and oxygen atoms in total. The van der Waals surface area contributed by atoms with Crippen LogP contribution < -0.4 is 9.64 Å². The minimum Gasteiger partial charge on any atom is -0.495 e. The molecule has 0 bridgehead atoms. The van der Waals surface area contributed by atoms with E-state index in [1.165, 1.54) is 12.0 Å². The predicted octanol–water partition coefficient (Wildman–Crippen LogP) is 5.02. The number of likely N-dealkylation sites (tertiary alicyclic amines) is 1. The first-order valence-electron chi connectivity index (χ1n) is 9.88. The minimum absolute atomic E-state index is 0.333. The number of halogens is 2. The molecule has 2 aromatic rings. The first-order valence-corrected chi connectivity index (χ1v) is 10.6. The normalized spacial score (nSPS) is 17.9. The molecule has 0 radical (unpaired) electrons. The smallest absolute Gasteiger partial charge is 0.282 e. The van der Waals surface area contributed by atoms with E-state index in [1.807, 2.05) is 4.90 Å². The monoisotopic (exact) mass is 444 g/mol. The number of rotatable bonds is 4. The number of carbonyl (C=O) groups is 2. The quantitative estimate of drug-likeness (QED) is 0.621. The molecular weight excluding hydrogens is 423 g/mol. The highest BCUT2D eigenvalue weighted by atomic mass is 35.5. The van der Waals surface area contributed by atoms with Crippen molar-refractivity contribution >= 4 is 46.3 Å². The number of anilines is 1. The van der Waals surface area contributed by atoms with Crippen LogP contribution in [0.2, 0.25) is 10.0 Å². The van der Waals surface area contributed by atoms with Gasteiger partial charge in [0.2, 0.25) is 0 Å². The third-order valence-corrected chi connectivity index (χ3v) is 6.23. The summed E-state index contributed by atoms with van der Waals surface area (Å²) in [6.07, 6.45) is 1.96. The molecule has 0 atom stereocenters. The molecule has 30 heavy (non-hydrogen) atoms. The molecule has 156 valence electrons. The third-order valence-electron chi connectivity index (χ3n) is 5.69. The molecule has 0 N–H and O–H groups in total. The average molecular weight is 445 g/mol. The number of amides is 2. The topological polar surface area (TPSA) is 49.9 Å². The van der Waals surface area contributed by atoms with Crippen LogP contribution in [-0.4, -0.2) is 36.9 Å². The van der Waals surface area contributed by atoms with Gasteiger partial charge >= 0.3 is 0 Å². The van der Waals surface area contributed by atoms with Gasteiger partial charge in [-0.2, -0.15) is 0 Å². The molecule has 0 aliphatic carbocycles. The summed E-state index contributed by atoms with van der Waals surface area (Å²) >= 11 is 12.3. The fraction of sp³-hybridized carbons (Fsp3) is 0.304. The molecule has 2 aromatic carbocycles. The molecule has 0 spiro atoms. The van der Waals surface area contributed by atoms with E-state index in [2.05, 4.69) is 6.92 Å². The van der Waals surface area contributed by atoms with Gasteiger partial charge in [0, 0.05) is 18.1 Å². The summed E-state index contributed by atoms with van der Waals surface area (Å²) in [4.78, 5) is 30.3. The minimum atomic E-state index is -0.364.